The van der Waals surface area contributed by atoms with Crippen LogP contribution in [-0.2, 0) is 6.42 Å². The third-order valence-electron chi connectivity index (χ3n) is 1.86. The number of aliphatic hydroxyl groups excluding tert-OH is 1. The lowest BCUT2D eigenvalue weighted by molar-refractivity contribution is 0.167. The van der Waals surface area contributed by atoms with Gasteiger partial charge in [0.1, 0.15) is 0 Å². The van der Waals surface area contributed by atoms with E-state index in [9.17, 15) is 5.11 Å². The summed E-state index contributed by atoms with van der Waals surface area (Å²) in [5.41, 5.74) is 1.68. The zero-order valence-electron chi connectivity index (χ0n) is 8.20. The summed E-state index contributed by atoms with van der Waals surface area (Å²) in [5, 5.41) is 21.5. The number of thiazole rings is 1. The first-order valence-electron chi connectivity index (χ1n) is 4.56. The highest BCUT2D eigenvalue weighted by molar-refractivity contribution is 7.13. The maximum atomic E-state index is 9.38. The molecule has 6 nitrogen and oxygen atoms in total. The normalized spacial score (nSPS) is 12.2. The van der Waals surface area contributed by atoms with Crippen molar-refractivity contribution in [1.82, 2.24) is 15.1 Å². The molecular formula is C9H8N4O2S. The first-order valence-corrected chi connectivity index (χ1v) is 5.44. The molecule has 2 rings (SSSR count). The van der Waals surface area contributed by atoms with E-state index in [0.717, 1.165) is 4.88 Å². The van der Waals surface area contributed by atoms with Crippen LogP contribution in [0.1, 0.15) is 12.3 Å². The predicted molar refractivity (Wildman–Crippen MR) is 55.3 cm³/mol. The summed E-state index contributed by atoms with van der Waals surface area (Å²) in [6.45, 7) is 0. The lowest BCUT2D eigenvalue weighted by Gasteiger charge is -1.99. The highest BCUT2D eigenvalue weighted by atomic mass is 32.1. The monoisotopic (exact) mass is 236 g/mol. The third kappa shape index (κ3) is 2.42. The van der Waals surface area contributed by atoms with Crippen LogP contribution in [0.2, 0.25) is 0 Å². The average Bonchev–Trinajstić information content (AvgIpc) is 2.86. The van der Waals surface area contributed by atoms with E-state index in [1.54, 1.807) is 11.7 Å². The smallest absolute Gasteiger partial charge is 0.229 e. The number of nitriles is 1. The molecule has 0 saturated heterocycles. The minimum atomic E-state index is -0.764. The molecule has 0 amide bonds. The second kappa shape index (κ2) is 4.83. The van der Waals surface area contributed by atoms with E-state index in [1.165, 1.54) is 11.3 Å². The van der Waals surface area contributed by atoms with Gasteiger partial charge in [-0.1, -0.05) is 5.16 Å². The molecule has 1 unspecified atom stereocenters. The summed E-state index contributed by atoms with van der Waals surface area (Å²) in [6, 6.07) is 1.87. The van der Waals surface area contributed by atoms with Crippen LogP contribution in [0.4, 0.5) is 0 Å². The van der Waals surface area contributed by atoms with Gasteiger partial charge in [-0.05, 0) is 0 Å². The fourth-order valence-corrected chi connectivity index (χ4v) is 1.69. The van der Waals surface area contributed by atoms with Gasteiger partial charge in [0.15, 0.2) is 0 Å². The topological polar surface area (TPSA) is 95.8 Å². The van der Waals surface area contributed by atoms with Crippen molar-refractivity contribution in [3.8, 4) is 16.8 Å². The maximum Gasteiger partial charge on any atom is 0.229 e. The van der Waals surface area contributed by atoms with Crippen LogP contribution in [0.15, 0.2) is 16.2 Å². The molecule has 16 heavy (non-hydrogen) atoms. The Morgan fingerprint density at radius 3 is 3.19 bits per heavy atom. The SMILES string of the molecule is N#CCC(O)Cc1nc(-c2cncs2)no1. The zero-order valence-corrected chi connectivity index (χ0v) is 9.02. The molecule has 2 heterocycles. The van der Waals surface area contributed by atoms with Gasteiger partial charge in [-0.15, -0.1) is 11.3 Å². The van der Waals surface area contributed by atoms with Gasteiger partial charge in [-0.2, -0.15) is 10.2 Å². The fraction of sp³-hybridized carbons (Fsp3) is 0.333. The predicted octanol–water partition coefficient (Wildman–Crippen LogP) is 1.01. The van der Waals surface area contributed by atoms with Gasteiger partial charge in [0, 0.05) is 6.20 Å². The number of aromatic nitrogens is 3. The highest BCUT2D eigenvalue weighted by Crippen LogP contribution is 2.19. The number of aliphatic hydroxyl groups is 1. The van der Waals surface area contributed by atoms with E-state index in [-0.39, 0.29) is 12.8 Å². The van der Waals surface area contributed by atoms with Crippen LogP contribution in [0.25, 0.3) is 10.7 Å². The van der Waals surface area contributed by atoms with E-state index < -0.39 is 6.10 Å². The summed E-state index contributed by atoms with van der Waals surface area (Å²) in [4.78, 5) is 8.81. The molecule has 0 fully saturated rings. The Labute approximate surface area is 95.2 Å². The molecule has 0 aromatic carbocycles. The molecule has 7 heteroatoms. The summed E-state index contributed by atoms with van der Waals surface area (Å²) < 4.78 is 4.95. The Balaban J connectivity index is 2.06. The maximum absolute atomic E-state index is 9.38. The van der Waals surface area contributed by atoms with Gasteiger partial charge in [-0.25, -0.2) is 0 Å². The second-order valence-electron chi connectivity index (χ2n) is 3.10. The van der Waals surface area contributed by atoms with E-state index in [4.69, 9.17) is 9.78 Å². The Bertz CT molecular complexity index is 488. The molecule has 0 aliphatic heterocycles. The van der Waals surface area contributed by atoms with Gasteiger partial charge in [0.2, 0.25) is 11.7 Å². The van der Waals surface area contributed by atoms with Crippen molar-refractivity contribution in [1.29, 1.82) is 5.26 Å². The fourth-order valence-electron chi connectivity index (χ4n) is 1.14. The van der Waals surface area contributed by atoms with Crippen LogP contribution in [0.3, 0.4) is 0 Å². The summed E-state index contributed by atoms with van der Waals surface area (Å²) in [5.74, 6) is 0.785. The molecule has 0 bridgehead atoms. The number of hydrogen-bond acceptors (Lipinski definition) is 7. The van der Waals surface area contributed by atoms with Gasteiger partial charge in [0.25, 0.3) is 0 Å². The minimum Gasteiger partial charge on any atom is -0.392 e. The molecule has 82 valence electrons. The van der Waals surface area contributed by atoms with Crippen LogP contribution in [0.5, 0.6) is 0 Å². The lowest BCUT2D eigenvalue weighted by atomic mass is 10.2. The van der Waals surface area contributed by atoms with Crippen LogP contribution in [0, 0.1) is 11.3 Å². The van der Waals surface area contributed by atoms with Gasteiger partial charge >= 0.3 is 0 Å². The number of nitrogens with zero attached hydrogens (tertiary/aromatic N) is 4. The molecule has 2 aromatic heterocycles. The van der Waals surface area contributed by atoms with E-state index in [2.05, 4.69) is 15.1 Å². The third-order valence-corrected chi connectivity index (χ3v) is 2.63. The average molecular weight is 236 g/mol. The Kier molecular flexibility index (Phi) is 3.24. The van der Waals surface area contributed by atoms with Gasteiger partial charge in [-0.3, -0.25) is 4.98 Å². The van der Waals surface area contributed by atoms with Crippen molar-refractivity contribution in [2.24, 2.45) is 0 Å². The quantitative estimate of drug-likeness (QED) is 0.851. The molecule has 0 aliphatic rings. The van der Waals surface area contributed by atoms with E-state index in [0.29, 0.717) is 11.7 Å². The van der Waals surface area contributed by atoms with Crippen molar-refractivity contribution in [2.45, 2.75) is 18.9 Å². The second-order valence-corrected chi connectivity index (χ2v) is 3.98. The summed E-state index contributed by atoms with van der Waals surface area (Å²) in [6.07, 6.45) is 1.13. The van der Waals surface area contributed by atoms with Crippen LogP contribution >= 0.6 is 11.3 Å². The summed E-state index contributed by atoms with van der Waals surface area (Å²) >= 11 is 1.41. The molecule has 0 aliphatic carbocycles. The molecule has 0 saturated carbocycles. The lowest BCUT2D eigenvalue weighted by Crippen LogP contribution is -2.09. The highest BCUT2D eigenvalue weighted by Gasteiger charge is 2.13. The molecule has 1 atom stereocenters. The molecule has 0 spiro atoms. The Morgan fingerprint density at radius 2 is 2.50 bits per heavy atom. The van der Waals surface area contributed by atoms with Crippen molar-refractivity contribution >= 4 is 11.3 Å². The number of hydrogen-bond donors (Lipinski definition) is 1. The molecule has 1 N–H and O–H groups in total. The van der Waals surface area contributed by atoms with Crippen LogP contribution < -0.4 is 0 Å². The Morgan fingerprint density at radius 1 is 1.62 bits per heavy atom. The minimum absolute atomic E-state index is 0.0538. The van der Waals surface area contributed by atoms with Crippen molar-refractivity contribution in [2.75, 3.05) is 0 Å². The Hall–Kier alpha value is -1.78. The van der Waals surface area contributed by atoms with Gasteiger partial charge < -0.3 is 9.63 Å². The largest absolute Gasteiger partial charge is 0.392 e. The number of rotatable bonds is 4. The molecule has 0 radical (unpaired) electrons. The standard InChI is InChI=1S/C9H8N4O2S/c10-2-1-6(14)3-8-12-9(13-15-8)7-4-11-5-16-7/h4-6,14H,1,3H2. The van der Waals surface area contributed by atoms with Crippen LogP contribution in [-0.4, -0.2) is 26.3 Å². The van der Waals surface area contributed by atoms with E-state index >= 15 is 0 Å². The van der Waals surface area contributed by atoms with E-state index in [1.807, 2.05) is 6.07 Å². The zero-order chi connectivity index (χ0) is 11.4. The molecular weight excluding hydrogens is 228 g/mol. The van der Waals surface area contributed by atoms with Gasteiger partial charge in [0.05, 0.1) is 35.4 Å². The first-order chi connectivity index (χ1) is 7.79. The molecule has 2 aromatic rings. The van der Waals surface area contributed by atoms with Crippen molar-refractivity contribution < 1.29 is 9.63 Å². The van der Waals surface area contributed by atoms with Crippen molar-refractivity contribution in [3.05, 3.63) is 17.6 Å². The van der Waals surface area contributed by atoms with Crippen molar-refractivity contribution in [3.63, 3.8) is 0 Å². The summed E-state index contributed by atoms with van der Waals surface area (Å²) in [7, 11) is 0. The first kappa shape index (κ1) is 10.7.